The number of aromatic nitrogens is 2. The van der Waals surface area contributed by atoms with Crippen LogP contribution >= 0.6 is 11.3 Å². The summed E-state index contributed by atoms with van der Waals surface area (Å²) < 4.78 is 36.6. The molecule has 1 saturated heterocycles. The number of sulfonamides is 1. The van der Waals surface area contributed by atoms with Gasteiger partial charge in [-0.25, -0.2) is 18.2 Å². The molecule has 0 amide bonds. The Morgan fingerprint density at radius 1 is 1.07 bits per heavy atom. The number of hydrogen-bond acceptors (Lipinski definition) is 8. The Balaban J connectivity index is 1.35. The van der Waals surface area contributed by atoms with E-state index in [1.807, 2.05) is 76.7 Å². The van der Waals surface area contributed by atoms with Crippen molar-refractivity contribution in [3.63, 3.8) is 0 Å². The van der Waals surface area contributed by atoms with Crippen molar-refractivity contribution >= 4 is 54.8 Å². The Hall–Kier alpha value is -3.77. The van der Waals surface area contributed by atoms with Gasteiger partial charge in [0, 0.05) is 22.5 Å². The van der Waals surface area contributed by atoms with Crippen molar-refractivity contribution in [1.29, 1.82) is 0 Å². The molecular formula is C32H35N5O4S2. The molecule has 1 aliphatic heterocycles. The van der Waals surface area contributed by atoms with Gasteiger partial charge in [-0.05, 0) is 97.0 Å². The Kier molecular flexibility index (Phi) is 8.49. The highest BCUT2D eigenvalue weighted by atomic mass is 32.2. The monoisotopic (exact) mass is 617 g/mol. The third-order valence-corrected chi connectivity index (χ3v) is 10.3. The van der Waals surface area contributed by atoms with Crippen LogP contribution in [0.5, 0.6) is 0 Å². The molecule has 11 heteroatoms. The first kappa shape index (κ1) is 29.3. The van der Waals surface area contributed by atoms with E-state index in [0.29, 0.717) is 35.2 Å². The summed E-state index contributed by atoms with van der Waals surface area (Å²) in [5.41, 5.74) is 8.96. The first-order valence-electron chi connectivity index (χ1n) is 14.4. The van der Waals surface area contributed by atoms with Crippen LogP contribution < -0.4 is 10.5 Å². The largest absolute Gasteiger partial charge is 0.461 e. The lowest BCUT2D eigenvalue weighted by Crippen LogP contribution is -2.32. The zero-order chi connectivity index (χ0) is 30.0. The molecule has 43 heavy (non-hydrogen) atoms. The number of ether oxygens (including phenoxy) is 1. The minimum Gasteiger partial charge on any atom is -0.461 e. The maximum atomic E-state index is 13.6. The number of nitrogens with one attached hydrogen (secondary N) is 1. The van der Waals surface area contributed by atoms with Crippen LogP contribution in [0.4, 0.5) is 5.69 Å². The second-order valence-corrected chi connectivity index (χ2v) is 13.9. The summed E-state index contributed by atoms with van der Waals surface area (Å²) >= 11 is 1.41. The number of likely N-dealkylation sites (tertiary alicyclic amines) is 1. The van der Waals surface area contributed by atoms with Gasteiger partial charge in [-0.3, -0.25) is 4.72 Å². The predicted octanol–water partition coefficient (Wildman–Crippen LogP) is 5.20. The van der Waals surface area contributed by atoms with Crippen molar-refractivity contribution in [2.45, 2.75) is 31.7 Å². The smallest absolute Gasteiger partial charge is 0.355 e. The summed E-state index contributed by atoms with van der Waals surface area (Å²) in [5.74, 6) is -0.167. The van der Waals surface area contributed by atoms with Crippen LogP contribution in [0.15, 0.2) is 72.1 Å². The topological polar surface area (TPSA) is 120 Å². The highest BCUT2D eigenvalue weighted by Gasteiger charge is 2.23. The lowest BCUT2D eigenvalue weighted by molar-refractivity contribution is 0.0373. The average molecular weight is 618 g/mol. The van der Waals surface area contributed by atoms with Gasteiger partial charge in [0.15, 0.2) is 0 Å². The minimum atomic E-state index is -3.64. The average Bonchev–Trinajstić information content (AvgIpc) is 3.63. The van der Waals surface area contributed by atoms with Gasteiger partial charge in [-0.15, -0.1) is 11.3 Å². The summed E-state index contributed by atoms with van der Waals surface area (Å²) in [6.07, 6.45) is 1.99. The van der Waals surface area contributed by atoms with E-state index < -0.39 is 16.0 Å². The Morgan fingerprint density at radius 3 is 2.65 bits per heavy atom. The number of rotatable bonds is 10. The number of benzene rings is 2. The Bertz CT molecular complexity index is 1860. The van der Waals surface area contributed by atoms with E-state index >= 15 is 0 Å². The van der Waals surface area contributed by atoms with Gasteiger partial charge in [0.2, 0.25) is 10.0 Å². The summed E-state index contributed by atoms with van der Waals surface area (Å²) in [6.45, 7) is 2.91. The van der Waals surface area contributed by atoms with Crippen molar-refractivity contribution in [1.82, 2.24) is 14.5 Å². The number of thiophene rings is 1. The van der Waals surface area contributed by atoms with Crippen LogP contribution in [0.1, 0.15) is 39.5 Å². The number of hydrogen-bond donors (Lipinski definition) is 2. The van der Waals surface area contributed by atoms with Crippen LogP contribution in [-0.2, 0) is 33.6 Å². The zero-order valence-electron chi connectivity index (χ0n) is 24.0. The van der Waals surface area contributed by atoms with Crippen LogP contribution in [0.2, 0.25) is 0 Å². The maximum Gasteiger partial charge on any atom is 0.355 e. The summed E-state index contributed by atoms with van der Waals surface area (Å²) in [5, 5.41) is 4.50. The van der Waals surface area contributed by atoms with Crippen molar-refractivity contribution in [3.8, 4) is 0 Å². The standard InChI is InChI=1S/C32H35N5O4S2/c1-36-12-10-22(11-13-36)20-41-32(38)30-17-24-8-9-26(18-33)34-31(24)37(30)19-25-16-27(15-23-5-2-3-7-29(23)25)35-43(39,40)21-28-6-4-14-42-28/h2-9,14-17,22,35H,10-13,18-21,33H2,1H3. The second kappa shape index (κ2) is 12.5. The Morgan fingerprint density at radius 2 is 1.88 bits per heavy atom. The van der Waals surface area contributed by atoms with Crippen molar-refractivity contribution in [3.05, 3.63) is 93.9 Å². The third-order valence-electron chi connectivity index (χ3n) is 7.97. The summed E-state index contributed by atoms with van der Waals surface area (Å²) in [6, 6.07) is 20.7. The molecule has 6 rings (SSSR count). The molecule has 0 bridgehead atoms. The molecule has 3 aromatic heterocycles. The van der Waals surface area contributed by atoms with Gasteiger partial charge in [-0.2, -0.15) is 0 Å². The number of fused-ring (bicyclic) bond motifs is 2. The number of esters is 1. The van der Waals surface area contributed by atoms with Crippen LogP contribution in [0, 0.1) is 5.92 Å². The van der Waals surface area contributed by atoms with E-state index in [4.69, 9.17) is 15.5 Å². The molecule has 0 atom stereocenters. The zero-order valence-corrected chi connectivity index (χ0v) is 25.7. The first-order valence-corrected chi connectivity index (χ1v) is 16.9. The summed E-state index contributed by atoms with van der Waals surface area (Å²) in [4.78, 5) is 21.4. The number of anilines is 1. The van der Waals surface area contributed by atoms with Gasteiger partial charge < -0.3 is 19.9 Å². The number of piperidine rings is 1. The predicted molar refractivity (Wildman–Crippen MR) is 172 cm³/mol. The molecule has 4 heterocycles. The second-order valence-electron chi connectivity index (χ2n) is 11.2. The van der Waals surface area contributed by atoms with Gasteiger partial charge in [0.05, 0.1) is 18.8 Å². The number of carbonyl (C=O) groups excluding carboxylic acids is 1. The molecular weight excluding hydrogens is 583 g/mol. The van der Waals surface area contributed by atoms with E-state index in [-0.39, 0.29) is 18.8 Å². The quantitative estimate of drug-likeness (QED) is 0.207. The van der Waals surface area contributed by atoms with Crippen LogP contribution in [-0.4, -0.2) is 55.6 Å². The molecule has 2 aromatic carbocycles. The van der Waals surface area contributed by atoms with Gasteiger partial charge >= 0.3 is 5.97 Å². The highest BCUT2D eigenvalue weighted by molar-refractivity contribution is 7.92. The van der Waals surface area contributed by atoms with E-state index in [9.17, 15) is 13.2 Å². The molecule has 5 aromatic rings. The van der Waals surface area contributed by atoms with E-state index in [2.05, 4.69) is 16.7 Å². The molecule has 0 radical (unpaired) electrons. The van der Waals surface area contributed by atoms with E-state index in [0.717, 1.165) is 52.5 Å². The fraction of sp³-hybridized carbons (Fsp3) is 0.312. The van der Waals surface area contributed by atoms with E-state index in [1.54, 1.807) is 0 Å². The van der Waals surface area contributed by atoms with Crippen LogP contribution in [0.3, 0.4) is 0 Å². The van der Waals surface area contributed by atoms with Crippen molar-refractivity contribution < 1.29 is 17.9 Å². The fourth-order valence-electron chi connectivity index (χ4n) is 5.65. The number of nitrogens with two attached hydrogens (primary N) is 1. The van der Waals surface area contributed by atoms with Gasteiger partial charge in [0.25, 0.3) is 0 Å². The van der Waals surface area contributed by atoms with Gasteiger partial charge in [-0.1, -0.05) is 30.3 Å². The number of nitrogens with zero attached hydrogens (tertiary/aromatic N) is 3. The molecule has 0 aliphatic carbocycles. The van der Waals surface area contributed by atoms with Crippen molar-refractivity contribution in [2.75, 3.05) is 31.5 Å². The molecule has 224 valence electrons. The fourth-order valence-corrected chi connectivity index (χ4v) is 7.90. The lowest BCUT2D eigenvalue weighted by Gasteiger charge is -2.28. The molecule has 9 nitrogen and oxygen atoms in total. The highest BCUT2D eigenvalue weighted by Crippen LogP contribution is 2.29. The van der Waals surface area contributed by atoms with Crippen LogP contribution in [0.25, 0.3) is 21.8 Å². The lowest BCUT2D eigenvalue weighted by atomic mass is 9.98. The number of pyridine rings is 1. The molecule has 0 spiro atoms. The molecule has 1 aliphatic rings. The normalized spacial score (nSPS) is 14.8. The molecule has 0 saturated carbocycles. The SMILES string of the molecule is CN1CCC(COC(=O)c2cc3ccc(CN)nc3n2Cc2cc(NS(=O)(=O)Cc3cccs3)cc3ccccc23)CC1. The maximum absolute atomic E-state index is 13.6. The minimum absolute atomic E-state index is 0.103. The third kappa shape index (κ3) is 6.75. The molecule has 1 fully saturated rings. The first-order chi connectivity index (χ1) is 20.8. The Labute approximate surface area is 255 Å². The van der Waals surface area contributed by atoms with Crippen molar-refractivity contribution in [2.24, 2.45) is 11.7 Å². The van der Waals surface area contributed by atoms with Gasteiger partial charge in [0.1, 0.15) is 17.1 Å². The number of carbonyl (C=O) groups is 1. The molecule has 3 N–H and O–H groups in total. The molecule has 0 unspecified atom stereocenters. The van der Waals surface area contributed by atoms with E-state index in [1.165, 1.54) is 11.3 Å². The summed E-state index contributed by atoms with van der Waals surface area (Å²) in [7, 11) is -1.53.